The van der Waals surface area contributed by atoms with Crippen molar-refractivity contribution in [1.29, 1.82) is 0 Å². The highest BCUT2D eigenvalue weighted by atomic mass is 28.3. The third-order valence-electron chi connectivity index (χ3n) is 8.69. The van der Waals surface area contributed by atoms with Crippen molar-refractivity contribution in [3.63, 3.8) is 0 Å². The van der Waals surface area contributed by atoms with Gasteiger partial charge in [-0.15, -0.1) is 0 Å². The summed E-state index contributed by atoms with van der Waals surface area (Å²) in [5.41, 5.74) is 8.82. The Morgan fingerprint density at radius 3 is 1.41 bits per heavy atom. The molecule has 3 heterocycles. The Bertz CT molecular complexity index is 2120. The van der Waals surface area contributed by atoms with Gasteiger partial charge in [0.1, 0.15) is 0 Å². The Kier molecular flexibility index (Phi) is 7.50. The first-order chi connectivity index (χ1) is 22.0. The number of hydrogen-bond donors (Lipinski definition) is 0. The fraction of sp³-hybridized carbons (Fsp3) is 0.150. The molecule has 0 atom stereocenters. The molecule has 7 aromatic rings. The van der Waals surface area contributed by atoms with Gasteiger partial charge in [-0.25, -0.2) is 15.0 Å². The Morgan fingerprint density at radius 2 is 0.870 bits per heavy atom. The van der Waals surface area contributed by atoms with Gasteiger partial charge in [-0.2, -0.15) is 0 Å². The van der Waals surface area contributed by atoms with Crippen LogP contribution in [0, 0.1) is 0 Å². The van der Waals surface area contributed by atoms with Crippen LogP contribution in [0.5, 0.6) is 0 Å². The molecule has 6 heteroatoms. The van der Waals surface area contributed by atoms with Gasteiger partial charge >= 0.3 is 0 Å². The molecule has 0 aliphatic carbocycles. The maximum atomic E-state index is 5.11. The number of nitrogens with zero attached hydrogens (tertiary/aromatic N) is 4. The number of benzene rings is 4. The van der Waals surface area contributed by atoms with Crippen molar-refractivity contribution >= 4 is 48.3 Å². The minimum atomic E-state index is -1.41. The first-order valence-corrected chi connectivity index (χ1v) is 22.9. The summed E-state index contributed by atoms with van der Waals surface area (Å²) in [5, 5.41) is 5.05. The maximum Gasteiger partial charge on any atom is 0.160 e. The van der Waals surface area contributed by atoms with E-state index >= 15 is 0 Å². The second kappa shape index (κ2) is 11.5. The zero-order valence-electron chi connectivity index (χ0n) is 27.3. The van der Waals surface area contributed by atoms with E-state index in [0.29, 0.717) is 0 Å². The largest absolute Gasteiger partial charge is 0.254 e. The van der Waals surface area contributed by atoms with Crippen molar-refractivity contribution in [2.75, 3.05) is 0 Å². The second-order valence-electron chi connectivity index (χ2n) is 14.1. The smallest absolute Gasteiger partial charge is 0.160 e. The Morgan fingerprint density at radius 1 is 0.413 bits per heavy atom. The van der Waals surface area contributed by atoms with Gasteiger partial charge in [-0.3, -0.25) is 4.98 Å². The lowest BCUT2D eigenvalue weighted by atomic mass is 10.0. The van der Waals surface area contributed by atoms with Gasteiger partial charge in [0.25, 0.3) is 0 Å². The molecular formula is C40H38N4Si2. The normalized spacial score (nSPS) is 12.1. The molecule has 0 aliphatic heterocycles. The second-order valence-corrected chi connectivity index (χ2v) is 24.3. The predicted octanol–water partition coefficient (Wildman–Crippen LogP) is 9.33. The molecule has 0 N–H and O–H groups in total. The highest BCUT2D eigenvalue weighted by Crippen LogP contribution is 2.30. The van der Waals surface area contributed by atoms with Crippen LogP contribution in [0.2, 0.25) is 39.3 Å². The summed E-state index contributed by atoms with van der Waals surface area (Å²) in [7, 11) is -2.82. The van der Waals surface area contributed by atoms with Crippen molar-refractivity contribution < 1.29 is 0 Å². The summed E-state index contributed by atoms with van der Waals surface area (Å²) in [6.45, 7) is 14.3. The Hall–Kier alpha value is -4.79. The van der Waals surface area contributed by atoms with E-state index in [4.69, 9.17) is 15.0 Å². The summed E-state index contributed by atoms with van der Waals surface area (Å²) >= 11 is 0. The molecule has 0 spiro atoms. The topological polar surface area (TPSA) is 51.6 Å². The number of pyridine rings is 2. The Labute approximate surface area is 273 Å². The van der Waals surface area contributed by atoms with E-state index < -0.39 is 16.1 Å². The molecule has 0 unspecified atom stereocenters. The molecule has 0 fully saturated rings. The minimum absolute atomic E-state index is 0.739. The van der Waals surface area contributed by atoms with Crippen molar-refractivity contribution in [1.82, 2.24) is 19.9 Å². The Balaban J connectivity index is 1.29. The molecule has 0 amide bonds. The van der Waals surface area contributed by atoms with Crippen LogP contribution >= 0.6 is 0 Å². The van der Waals surface area contributed by atoms with E-state index in [-0.39, 0.29) is 0 Å². The highest BCUT2D eigenvalue weighted by Gasteiger charge is 2.19. The van der Waals surface area contributed by atoms with Crippen LogP contribution in [0.3, 0.4) is 0 Å². The monoisotopic (exact) mass is 630 g/mol. The molecule has 0 saturated carbocycles. The zero-order valence-corrected chi connectivity index (χ0v) is 29.3. The van der Waals surface area contributed by atoms with Crippen molar-refractivity contribution in [3.05, 3.63) is 121 Å². The summed E-state index contributed by atoms with van der Waals surface area (Å²) < 4.78 is 0. The molecule has 0 saturated heterocycles. The van der Waals surface area contributed by atoms with Gasteiger partial charge in [0.2, 0.25) is 0 Å². The van der Waals surface area contributed by atoms with Crippen LogP contribution in [0.15, 0.2) is 121 Å². The molecule has 0 aliphatic rings. The quantitative estimate of drug-likeness (QED) is 0.136. The third-order valence-corrected chi connectivity index (χ3v) is 12.8. The van der Waals surface area contributed by atoms with Gasteiger partial charge < -0.3 is 0 Å². The van der Waals surface area contributed by atoms with Gasteiger partial charge in [0.15, 0.2) is 5.82 Å². The van der Waals surface area contributed by atoms with E-state index in [0.717, 1.165) is 67.0 Å². The lowest BCUT2D eigenvalue weighted by Crippen LogP contribution is -2.37. The van der Waals surface area contributed by atoms with Crippen molar-refractivity contribution in [3.8, 4) is 45.2 Å². The standard InChI is InChI=1S/C40H38N4Si2/c1-45(2,3)33-20-15-29(16-21-33)37-26-36(43-40(44-37)32-17-22-34(23-18-32)46(4,5)6)28-11-9-27(10-12-28)35-24-19-31-14-13-30-8-7-25-41-38(30)39(31)42-35/h7-26H,1-6H3. The summed E-state index contributed by atoms with van der Waals surface area (Å²) in [6, 6.07) is 41.0. The van der Waals surface area contributed by atoms with E-state index in [1.165, 1.54) is 10.4 Å². The molecule has 3 aromatic heterocycles. The van der Waals surface area contributed by atoms with Gasteiger partial charge in [-0.1, -0.05) is 147 Å². The predicted molar refractivity (Wildman–Crippen MR) is 200 cm³/mol. The number of rotatable bonds is 6. The fourth-order valence-corrected chi connectivity index (χ4v) is 8.16. The molecule has 46 heavy (non-hydrogen) atoms. The van der Waals surface area contributed by atoms with Crippen LogP contribution in [0.25, 0.3) is 67.0 Å². The van der Waals surface area contributed by atoms with Crippen LogP contribution in [0.1, 0.15) is 0 Å². The lowest BCUT2D eigenvalue weighted by Gasteiger charge is -2.17. The highest BCUT2D eigenvalue weighted by molar-refractivity contribution is 6.89. The molecule has 226 valence electrons. The zero-order chi connectivity index (χ0) is 32.1. The first-order valence-electron chi connectivity index (χ1n) is 15.9. The van der Waals surface area contributed by atoms with Crippen LogP contribution < -0.4 is 10.4 Å². The van der Waals surface area contributed by atoms with Gasteiger partial charge in [0.05, 0.1) is 44.3 Å². The SMILES string of the molecule is C[Si](C)(C)c1ccc(-c2cc(-c3ccc(-c4ccc5ccc6cccnc6c5n4)cc3)nc(-c3ccc([Si](C)(C)C)cc3)n2)cc1. The van der Waals surface area contributed by atoms with E-state index in [2.05, 4.69) is 153 Å². The average Bonchev–Trinajstić information content (AvgIpc) is 3.07. The molecule has 4 nitrogen and oxygen atoms in total. The summed E-state index contributed by atoms with van der Waals surface area (Å²) in [6.07, 6.45) is 1.83. The third kappa shape index (κ3) is 5.94. The first kappa shape index (κ1) is 29.9. The molecule has 7 rings (SSSR count). The molecule has 0 bridgehead atoms. The number of aromatic nitrogens is 4. The van der Waals surface area contributed by atoms with Gasteiger partial charge in [-0.05, 0) is 18.2 Å². The van der Waals surface area contributed by atoms with Crippen LogP contribution in [0.4, 0.5) is 0 Å². The number of hydrogen-bond acceptors (Lipinski definition) is 4. The minimum Gasteiger partial charge on any atom is -0.254 e. The van der Waals surface area contributed by atoms with E-state index in [1.54, 1.807) is 0 Å². The van der Waals surface area contributed by atoms with Gasteiger partial charge in [0, 0.05) is 39.2 Å². The fourth-order valence-electron chi connectivity index (χ4n) is 5.83. The van der Waals surface area contributed by atoms with Crippen LogP contribution in [-0.2, 0) is 0 Å². The summed E-state index contributed by atoms with van der Waals surface area (Å²) in [4.78, 5) is 19.9. The summed E-state index contributed by atoms with van der Waals surface area (Å²) in [5.74, 6) is 0.739. The molecular weight excluding hydrogens is 593 g/mol. The average molecular weight is 631 g/mol. The molecule has 0 radical (unpaired) electrons. The molecule has 4 aromatic carbocycles. The van der Waals surface area contributed by atoms with Crippen LogP contribution in [-0.4, -0.2) is 36.1 Å². The maximum absolute atomic E-state index is 5.11. The van der Waals surface area contributed by atoms with E-state index in [1.807, 2.05) is 12.3 Å². The lowest BCUT2D eigenvalue weighted by molar-refractivity contribution is 1.18. The number of fused-ring (bicyclic) bond motifs is 3. The van der Waals surface area contributed by atoms with Crippen molar-refractivity contribution in [2.24, 2.45) is 0 Å². The van der Waals surface area contributed by atoms with Crippen molar-refractivity contribution in [2.45, 2.75) is 39.3 Å². The van der Waals surface area contributed by atoms with E-state index in [9.17, 15) is 0 Å².